The van der Waals surface area contributed by atoms with Crippen LogP contribution < -0.4 is 4.74 Å². The van der Waals surface area contributed by atoms with E-state index in [-0.39, 0.29) is 5.82 Å². The molecule has 1 saturated carbocycles. The summed E-state index contributed by atoms with van der Waals surface area (Å²) < 4.78 is 19.6. The molecule has 0 N–H and O–H groups in total. The second-order valence-corrected chi connectivity index (χ2v) is 4.84. The number of nitriles is 1. The zero-order chi connectivity index (χ0) is 11.8. The minimum atomic E-state index is -0.695. The number of ether oxygens (including phenoxy) is 1. The third-order valence-corrected chi connectivity index (χ3v) is 3.79. The summed E-state index contributed by atoms with van der Waals surface area (Å²) in [5, 5.41) is 9.24. The summed E-state index contributed by atoms with van der Waals surface area (Å²) in [5.74, 6) is 0.0857. The van der Waals surface area contributed by atoms with Crippen molar-refractivity contribution in [2.75, 3.05) is 7.11 Å². The third-order valence-electron chi connectivity index (χ3n) is 3.18. The van der Waals surface area contributed by atoms with Crippen LogP contribution in [-0.2, 0) is 5.41 Å². The molecule has 84 valence electrons. The molecule has 2 rings (SSSR count). The van der Waals surface area contributed by atoms with Crippen molar-refractivity contribution in [3.05, 3.63) is 28.0 Å². The lowest BCUT2D eigenvalue weighted by molar-refractivity contribution is 0.295. The van der Waals surface area contributed by atoms with Crippen molar-refractivity contribution in [1.29, 1.82) is 5.26 Å². The molecule has 0 radical (unpaired) electrons. The Morgan fingerprint density at radius 1 is 1.50 bits per heavy atom. The predicted molar refractivity (Wildman–Crippen MR) is 61.8 cm³/mol. The standard InChI is InChI=1S/C12H11BrFNO/c1-16-9-4-3-8(13)11(14)10(9)12(7-15)5-2-6-12/h3-4H,2,5-6H2,1H3. The van der Waals surface area contributed by atoms with Crippen LogP contribution in [0.4, 0.5) is 4.39 Å². The Kier molecular flexibility index (Phi) is 2.90. The Hall–Kier alpha value is -1.08. The summed E-state index contributed by atoms with van der Waals surface area (Å²) in [4.78, 5) is 0. The topological polar surface area (TPSA) is 33.0 Å². The van der Waals surface area contributed by atoms with Gasteiger partial charge in [0.2, 0.25) is 0 Å². The van der Waals surface area contributed by atoms with Crippen LogP contribution in [0, 0.1) is 17.1 Å². The highest BCUT2D eigenvalue weighted by molar-refractivity contribution is 9.10. The molecule has 0 bridgehead atoms. The van der Waals surface area contributed by atoms with Crippen LogP contribution in [0.2, 0.25) is 0 Å². The first kappa shape index (κ1) is 11.4. The highest BCUT2D eigenvalue weighted by atomic mass is 79.9. The molecule has 1 aromatic rings. The van der Waals surface area contributed by atoms with Crippen LogP contribution >= 0.6 is 15.9 Å². The number of methoxy groups -OCH3 is 1. The minimum absolute atomic E-state index is 0.374. The smallest absolute Gasteiger partial charge is 0.145 e. The monoisotopic (exact) mass is 283 g/mol. The van der Waals surface area contributed by atoms with Crippen molar-refractivity contribution in [1.82, 2.24) is 0 Å². The Bertz CT molecular complexity index is 463. The summed E-state index contributed by atoms with van der Waals surface area (Å²) in [6.45, 7) is 0. The second-order valence-electron chi connectivity index (χ2n) is 3.99. The summed E-state index contributed by atoms with van der Waals surface area (Å²) in [6.07, 6.45) is 2.36. The Balaban J connectivity index is 2.62. The maximum atomic E-state index is 14.1. The third kappa shape index (κ3) is 1.51. The first-order valence-electron chi connectivity index (χ1n) is 5.08. The van der Waals surface area contributed by atoms with Crippen LogP contribution in [0.3, 0.4) is 0 Å². The SMILES string of the molecule is COc1ccc(Br)c(F)c1C1(C#N)CCC1. The fraction of sp³-hybridized carbons (Fsp3) is 0.417. The largest absolute Gasteiger partial charge is 0.496 e. The molecule has 0 heterocycles. The van der Waals surface area contributed by atoms with Gasteiger partial charge in [0.1, 0.15) is 11.6 Å². The van der Waals surface area contributed by atoms with Crippen LogP contribution in [-0.4, -0.2) is 7.11 Å². The van der Waals surface area contributed by atoms with E-state index in [9.17, 15) is 9.65 Å². The van der Waals surface area contributed by atoms with Gasteiger partial charge in [0.05, 0.1) is 28.6 Å². The number of halogens is 2. The van der Waals surface area contributed by atoms with Gasteiger partial charge in [-0.05, 0) is 47.3 Å². The molecule has 0 amide bonds. The van der Waals surface area contributed by atoms with Gasteiger partial charge in [-0.2, -0.15) is 5.26 Å². The number of hydrogen-bond donors (Lipinski definition) is 0. The quantitative estimate of drug-likeness (QED) is 0.832. The number of benzene rings is 1. The van der Waals surface area contributed by atoms with Gasteiger partial charge in [0.15, 0.2) is 0 Å². The molecule has 0 unspecified atom stereocenters. The van der Waals surface area contributed by atoms with E-state index in [0.717, 1.165) is 6.42 Å². The van der Waals surface area contributed by atoms with Crippen LogP contribution in [0.15, 0.2) is 16.6 Å². The average Bonchev–Trinajstić information content (AvgIpc) is 2.23. The Morgan fingerprint density at radius 2 is 2.19 bits per heavy atom. The normalized spacial score (nSPS) is 17.4. The molecule has 0 spiro atoms. The summed E-state index contributed by atoms with van der Waals surface area (Å²) in [5.41, 5.74) is -0.294. The van der Waals surface area contributed by atoms with Crippen molar-refractivity contribution >= 4 is 15.9 Å². The molecule has 0 aliphatic heterocycles. The van der Waals surface area contributed by atoms with E-state index in [4.69, 9.17) is 4.74 Å². The first-order valence-corrected chi connectivity index (χ1v) is 5.87. The van der Waals surface area contributed by atoms with E-state index in [1.807, 2.05) is 0 Å². The lowest BCUT2D eigenvalue weighted by atomic mass is 9.65. The molecular formula is C12H11BrFNO. The molecule has 0 atom stereocenters. The van der Waals surface area contributed by atoms with E-state index in [1.165, 1.54) is 7.11 Å². The number of hydrogen-bond acceptors (Lipinski definition) is 2. The van der Waals surface area contributed by atoms with Crippen LogP contribution in [0.5, 0.6) is 5.75 Å². The number of nitrogens with zero attached hydrogens (tertiary/aromatic N) is 1. The summed E-state index contributed by atoms with van der Waals surface area (Å²) in [6, 6.07) is 5.53. The molecular weight excluding hydrogens is 273 g/mol. The maximum Gasteiger partial charge on any atom is 0.145 e. The fourth-order valence-corrected chi connectivity index (χ4v) is 2.43. The molecule has 0 saturated heterocycles. The van der Waals surface area contributed by atoms with Crippen LogP contribution in [0.1, 0.15) is 24.8 Å². The number of rotatable bonds is 2. The van der Waals surface area contributed by atoms with Gasteiger partial charge in [-0.1, -0.05) is 0 Å². The summed E-state index contributed by atoms with van der Waals surface area (Å²) >= 11 is 3.14. The highest BCUT2D eigenvalue weighted by Gasteiger charge is 2.43. The van der Waals surface area contributed by atoms with Crippen molar-refractivity contribution in [3.63, 3.8) is 0 Å². The average molecular weight is 284 g/mol. The van der Waals surface area contributed by atoms with E-state index in [0.29, 0.717) is 28.6 Å². The molecule has 1 aromatic carbocycles. The van der Waals surface area contributed by atoms with Crippen molar-refractivity contribution in [2.45, 2.75) is 24.7 Å². The van der Waals surface area contributed by atoms with Gasteiger partial charge in [-0.3, -0.25) is 0 Å². The van der Waals surface area contributed by atoms with Gasteiger partial charge in [-0.25, -0.2) is 4.39 Å². The molecule has 1 fully saturated rings. The van der Waals surface area contributed by atoms with Crippen molar-refractivity contribution in [3.8, 4) is 11.8 Å². The van der Waals surface area contributed by atoms with E-state index >= 15 is 0 Å². The van der Waals surface area contributed by atoms with Gasteiger partial charge in [0, 0.05) is 0 Å². The molecule has 1 aliphatic rings. The lowest BCUT2D eigenvalue weighted by Gasteiger charge is -2.36. The zero-order valence-electron chi connectivity index (χ0n) is 8.89. The van der Waals surface area contributed by atoms with E-state index < -0.39 is 5.41 Å². The van der Waals surface area contributed by atoms with E-state index in [1.54, 1.807) is 12.1 Å². The van der Waals surface area contributed by atoms with Crippen molar-refractivity contribution in [2.24, 2.45) is 0 Å². The van der Waals surface area contributed by atoms with E-state index in [2.05, 4.69) is 22.0 Å². The fourth-order valence-electron chi connectivity index (χ4n) is 2.10. The highest BCUT2D eigenvalue weighted by Crippen LogP contribution is 2.48. The van der Waals surface area contributed by atoms with Gasteiger partial charge >= 0.3 is 0 Å². The maximum absolute atomic E-state index is 14.1. The Morgan fingerprint density at radius 3 is 2.62 bits per heavy atom. The van der Waals surface area contributed by atoms with Gasteiger partial charge < -0.3 is 4.74 Å². The zero-order valence-corrected chi connectivity index (χ0v) is 10.5. The molecule has 16 heavy (non-hydrogen) atoms. The van der Waals surface area contributed by atoms with Gasteiger partial charge in [-0.15, -0.1) is 0 Å². The summed E-state index contributed by atoms with van der Waals surface area (Å²) in [7, 11) is 1.50. The predicted octanol–water partition coefficient (Wildman–Crippen LogP) is 3.54. The molecule has 0 aromatic heterocycles. The Labute approximate surface area is 102 Å². The minimum Gasteiger partial charge on any atom is -0.496 e. The molecule has 1 aliphatic carbocycles. The molecule has 2 nitrogen and oxygen atoms in total. The van der Waals surface area contributed by atoms with Crippen LogP contribution in [0.25, 0.3) is 0 Å². The lowest BCUT2D eigenvalue weighted by Crippen LogP contribution is -2.34. The second kappa shape index (κ2) is 4.06. The van der Waals surface area contributed by atoms with Crippen molar-refractivity contribution < 1.29 is 9.13 Å². The molecule has 4 heteroatoms. The first-order chi connectivity index (χ1) is 7.64. The van der Waals surface area contributed by atoms with Gasteiger partial charge in [0.25, 0.3) is 0 Å².